The Labute approximate surface area is 130 Å². The van der Waals surface area contributed by atoms with Crippen LogP contribution in [-0.4, -0.2) is 39.5 Å². The predicted octanol–water partition coefficient (Wildman–Crippen LogP) is 3.26. The first-order chi connectivity index (χ1) is 10.6. The van der Waals surface area contributed by atoms with Crippen molar-refractivity contribution in [1.29, 1.82) is 0 Å². The van der Waals surface area contributed by atoms with Crippen LogP contribution in [0.15, 0.2) is 24.3 Å². The van der Waals surface area contributed by atoms with E-state index in [2.05, 4.69) is 28.9 Å². The Kier molecular flexibility index (Phi) is 3.12. The van der Waals surface area contributed by atoms with Gasteiger partial charge in [-0.05, 0) is 57.7 Å². The predicted molar refractivity (Wildman–Crippen MR) is 86.9 cm³/mol. The molecule has 3 fully saturated rings. The zero-order chi connectivity index (χ0) is 15.3. The van der Waals surface area contributed by atoms with Gasteiger partial charge in [0.25, 0.3) is 0 Å². The molecule has 0 aliphatic carbocycles. The van der Waals surface area contributed by atoms with Crippen molar-refractivity contribution in [1.82, 2.24) is 15.1 Å². The lowest BCUT2D eigenvalue weighted by molar-refractivity contribution is -0.0643. The van der Waals surface area contributed by atoms with Gasteiger partial charge in [0.05, 0.1) is 5.52 Å². The van der Waals surface area contributed by atoms with Gasteiger partial charge in [-0.1, -0.05) is 18.2 Å². The monoisotopic (exact) mass is 297 g/mol. The van der Waals surface area contributed by atoms with E-state index in [1.165, 1.54) is 25.9 Å². The van der Waals surface area contributed by atoms with Crippen LogP contribution in [0, 0.1) is 11.8 Å². The number of Topliss-reactive ketones (excluding diaryl/α,β-unsaturated/α-hetero) is 1. The van der Waals surface area contributed by atoms with E-state index in [-0.39, 0.29) is 11.3 Å². The molecule has 1 aromatic carbocycles. The van der Waals surface area contributed by atoms with Crippen LogP contribution in [0.25, 0.3) is 10.9 Å². The molecule has 116 valence electrons. The number of nitrogens with zero attached hydrogens (tertiary/aromatic N) is 2. The number of hydrogen-bond acceptors (Lipinski definition) is 3. The van der Waals surface area contributed by atoms with Crippen LogP contribution in [0.3, 0.4) is 0 Å². The van der Waals surface area contributed by atoms with Crippen LogP contribution < -0.4 is 0 Å². The van der Waals surface area contributed by atoms with Crippen LogP contribution in [0.2, 0.25) is 0 Å². The quantitative estimate of drug-likeness (QED) is 0.885. The second-order valence-corrected chi connectivity index (χ2v) is 7.33. The van der Waals surface area contributed by atoms with E-state index in [0.29, 0.717) is 24.0 Å². The lowest BCUT2D eigenvalue weighted by Crippen LogP contribution is -2.61. The van der Waals surface area contributed by atoms with Crippen molar-refractivity contribution in [2.45, 2.75) is 38.6 Å². The van der Waals surface area contributed by atoms with Crippen LogP contribution in [0.5, 0.6) is 0 Å². The maximum atomic E-state index is 12.9. The fraction of sp³-hybridized carbons (Fsp3) is 0.556. The van der Waals surface area contributed by atoms with Gasteiger partial charge < -0.3 is 0 Å². The summed E-state index contributed by atoms with van der Waals surface area (Å²) in [5.41, 5.74) is 1.69. The smallest absolute Gasteiger partial charge is 0.184 e. The third-order valence-corrected chi connectivity index (χ3v) is 5.97. The van der Waals surface area contributed by atoms with Crippen LogP contribution in [-0.2, 0) is 0 Å². The SMILES string of the molecule is CC1(C)[C@H](CC(=O)c2n[nH]c3ccccc23)C2CCN1CC2. The van der Waals surface area contributed by atoms with Crippen LogP contribution in [0.1, 0.15) is 43.6 Å². The lowest BCUT2D eigenvalue weighted by atomic mass is 9.65. The molecule has 4 heteroatoms. The number of H-pyrrole nitrogens is 1. The molecule has 0 unspecified atom stereocenters. The highest BCUT2D eigenvalue weighted by Crippen LogP contribution is 2.45. The third kappa shape index (κ3) is 2.01. The van der Waals surface area contributed by atoms with Crippen molar-refractivity contribution in [2.24, 2.45) is 11.8 Å². The maximum absolute atomic E-state index is 12.9. The highest BCUT2D eigenvalue weighted by molar-refractivity contribution is 6.05. The number of rotatable bonds is 3. The van der Waals surface area contributed by atoms with E-state index in [1.54, 1.807) is 0 Å². The van der Waals surface area contributed by atoms with Gasteiger partial charge in [0, 0.05) is 17.3 Å². The minimum absolute atomic E-state index is 0.128. The number of nitrogens with one attached hydrogen (secondary N) is 1. The number of fused-ring (bicyclic) bond motifs is 4. The molecule has 1 N–H and O–H groups in total. The summed E-state index contributed by atoms with van der Waals surface area (Å²) in [4.78, 5) is 15.4. The Morgan fingerprint density at radius 2 is 2.05 bits per heavy atom. The van der Waals surface area contributed by atoms with Crippen LogP contribution in [0.4, 0.5) is 0 Å². The normalized spacial score (nSPS) is 29.8. The highest BCUT2D eigenvalue weighted by atomic mass is 16.1. The lowest BCUT2D eigenvalue weighted by Gasteiger charge is -2.56. The first-order valence-corrected chi connectivity index (χ1v) is 8.29. The van der Waals surface area contributed by atoms with Gasteiger partial charge >= 0.3 is 0 Å². The van der Waals surface area contributed by atoms with Gasteiger partial charge in [0.1, 0.15) is 5.69 Å². The van der Waals surface area contributed by atoms with Gasteiger partial charge in [-0.15, -0.1) is 0 Å². The molecule has 0 radical (unpaired) electrons. The largest absolute Gasteiger partial charge is 0.298 e. The van der Waals surface area contributed by atoms with Crippen molar-refractivity contribution in [3.63, 3.8) is 0 Å². The Balaban J connectivity index is 1.62. The van der Waals surface area contributed by atoms with E-state index in [9.17, 15) is 4.79 Å². The summed E-state index contributed by atoms with van der Waals surface area (Å²) in [6.45, 7) is 6.99. The van der Waals surface area contributed by atoms with Gasteiger partial charge in [-0.25, -0.2) is 0 Å². The molecule has 2 aromatic rings. The topological polar surface area (TPSA) is 49.0 Å². The molecule has 22 heavy (non-hydrogen) atoms. The number of benzene rings is 1. The Hall–Kier alpha value is -1.68. The summed E-state index contributed by atoms with van der Waals surface area (Å²) < 4.78 is 0. The molecule has 4 heterocycles. The van der Waals surface area contributed by atoms with Gasteiger partial charge in [0.15, 0.2) is 5.78 Å². The maximum Gasteiger partial charge on any atom is 0.184 e. The molecule has 3 aliphatic rings. The van der Waals surface area contributed by atoms with Gasteiger partial charge in [-0.3, -0.25) is 14.8 Å². The molecule has 0 spiro atoms. The van der Waals surface area contributed by atoms with Crippen molar-refractivity contribution >= 4 is 16.7 Å². The molecule has 4 nitrogen and oxygen atoms in total. The number of aromatic nitrogens is 2. The molecule has 1 aromatic heterocycles. The molecule has 0 amide bonds. The number of para-hydroxylation sites is 1. The molecule has 3 saturated heterocycles. The summed E-state index contributed by atoms with van der Waals surface area (Å²) in [5.74, 6) is 1.32. The number of ketones is 1. The fourth-order valence-electron chi connectivity index (χ4n) is 4.58. The molecule has 1 atom stereocenters. The van der Waals surface area contributed by atoms with E-state index >= 15 is 0 Å². The number of carbonyl (C=O) groups excluding carboxylic acids is 1. The van der Waals surface area contributed by atoms with E-state index in [1.807, 2.05) is 24.3 Å². The molecular weight excluding hydrogens is 274 g/mol. The summed E-state index contributed by atoms with van der Waals surface area (Å²) in [7, 11) is 0. The average molecular weight is 297 g/mol. The zero-order valence-electron chi connectivity index (χ0n) is 13.3. The minimum atomic E-state index is 0.128. The summed E-state index contributed by atoms with van der Waals surface area (Å²) in [6.07, 6.45) is 3.09. The highest BCUT2D eigenvalue weighted by Gasteiger charge is 2.48. The molecule has 5 rings (SSSR count). The van der Waals surface area contributed by atoms with Crippen molar-refractivity contribution in [3.05, 3.63) is 30.0 Å². The summed E-state index contributed by atoms with van der Waals surface area (Å²) in [5, 5.41) is 8.21. The Morgan fingerprint density at radius 1 is 1.32 bits per heavy atom. The second-order valence-electron chi connectivity index (χ2n) is 7.33. The van der Waals surface area contributed by atoms with Crippen LogP contribution >= 0.6 is 0 Å². The van der Waals surface area contributed by atoms with Gasteiger partial charge in [0.2, 0.25) is 0 Å². The molecule has 3 aliphatic heterocycles. The van der Waals surface area contributed by atoms with Crippen molar-refractivity contribution < 1.29 is 4.79 Å². The average Bonchev–Trinajstić information content (AvgIpc) is 2.95. The number of hydrogen-bond donors (Lipinski definition) is 1. The summed E-state index contributed by atoms with van der Waals surface area (Å²) >= 11 is 0. The van der Waals surface area contributed by atoms with Crippen molar-refractivity contribution in [3.8, 4) is 0 Å². The van der Waals surface area contributed by atoms with E-state index < -0.39 is 0 Å². The number of carbonyl (C=O) groups is 1. The van der Waals surface area contributed by atoms with Gasteiger partial charge in [-0.2, -0.15) is 5.10 Å². The first-order valence-electron chi connectivity index (χ1n) is 8.29. The standard InChI is InChI=1S/C18H23N3O/c1-18(2)14(12-7-9-21(18)10-8-12)11-16(22)17-13-5-3-4-6-15(13)19-20-17/h3-6,12,14H,7-11H2,1-2H3,(H,19,20)/t14-/m1/s1. The number of piperidine rings is 3. The summed E-state index contributed by atoms with van der Waals surface area (Å²) in [6, 6.07) is 7.88. The van der Waals surface area contributed by atoms with E-state index in [0.717, 1.165) is 10.9 Å². The fourth-order valence-corrected chi connectivity index (χ4v) is 4.58. The molecular formula is C18H23N3O. The first kappa shape index (κ1) is 13.9. The van der Waals surface area contributed by atoms with E-state index in [4.69, 9.17) is 0 Å². The molecule has 2 bridgehead atoms. The second kappa shape index (κ2) is 4.92. The number of aromatic amines is 1. The third-order valence-electron chi connectivity index (χ3n) is 5.97. The Bertz CT molecular complexity index is 710. The molecule has 0 saturated carbocycles. The van der Waals surface area contributed by atoms with Crippen molar-refractivity contribution in [2.75, 3.05) is 13.1 Å². The zero-order valence-corrected chi connectivity index (χ0v) is 13.3. The minimum Gasteiger partial charge on any atom is -0.298 e. The Morgan fingerprint density at radius 3 is 2.77 bits per heavy atom.